The lowest BCUT2D eigenvalue weighted by molar-refractivity contribution is 0.360. The molecule has 1 fully saturated rings. The fourth-order valence-electron chi connectivity index (χ4n) is 4.02. The molecule has 1 aliphatic heterocycles. The summed E-state index contributed by atoms with van der Waals surface area (Å²) in [5.41, 5.74) is 2.97. The summed E-state index contributed by atoms with van der Waals surface area (Å²) in [5, 5.41) is 8.41. The maximum absolute atomic E-state index is 6.43. The van der Waals surface area contributed by atoms with Crippen molar-refractivity contribution in [2.24, 2.45) is 0 Å². The third-order valence-corrected chi connectivity index (χ3v) is 7.53. The summed E-state index contributed by atoms with van der Waals surface area (Å²) in [6.45, 7) is 8.67. The van der Waals surface area contributed by atoms with Gasteiger partial charge in [-0.3, -0.25) is 0 Å². The zero-order valence-electron chi connectivity index (χ0n) is 20.2. The van der Waals surface area contributed by atoms with E-state index in [4.69, 9.17) is 16.3 Å². The third kappa shape index (κ3) is 5.90. The van der Waals surface area contributed by atoms with Crippen molar-refractivity contribution < 1.29 is 4.74 Å². The van der Waals surface area contributed by atoms with Crippen LogP contribution in [-0.2, 0) is 0 Å². The molecule has 0 atom stereocenters. The SMILES string of the molecule is COc1cc(N2CCCN(C)CC2)ccc1Nc1ncc(Cl)c(Nc2ccccc2P(C)C)n1. The Bertz CT molecular complexity index is 1130. The molecule has 1 aliphatic rings. The molecule has 0 unspecified atom stereocenters. The lowest BCUT2D eigenvalue weighted by Crippen LogP contribution is -2.28. The zero-order valence-corrected chi connectivity index (χ0v) is 21.8. The molecule has 0 radical (unpaired) electrons. The third-order valence-electron chi connectivity index (χ3n) is 5.90. The van der Waals surface area contributed by atoms with Crippen molar-refractivity contribution in [2.45, 2.75) is 6.42 Å². The van der Waals surface area contributed by atoms with E-state index in [2.05, 4.69) is 75.0 Å². The topological polar surface area (TPSA) is 65.6 Å². The summed E-state index contributed by atoms with van der Waals surface area (Å²) in [5.74, 6) is 1.76. The number of methoxy groups -OCH3 is 1. The van der Waals surface area contributed by atoms with Crippen LogP contribution in [-0.4, -0.2) is 68.5 Å². The number of ether oxygens (including phenoxy) is 1. The molecule has 2 N–H and O–H groups in total. The van der Waals surface area contributed by atoms with Crippen molar-refractivity contribution in [1.29, 1.82) is 0 Å². The zero-order chi connectivity index (χ0) is 24.1. The van der Waals surface area contributed by atoms with E-state index in [1.54, 1.807) is 13.3 Å². The number of halogens is 1. The molecule has 2 aromatic carbocycles. The van der Waals surface area contributed by atoms with E-state index in [-0.39, 0.29) is 7.92 Å². The molecular weight excluding hydrogens is 467 g/mol. The minimum absolute atomic E-state index is 0.277. The Morgan fingerprint density at radius 2 is 1.82 bits per heavy atom. The van der Waals surface area contributed by atoms with Gasteiger partial charge in [0.25, 0.3) is 0 Å². The average Bonchev–Trinajstić information content (AvgIpc) is 3.06. The fourth-order valence-corrected chi connectivity index (χ4v) is 5.15. The number of para-hydroxylation sites is 1. The number of anilines is 5. The Hall–Kier alpha value is -2.60. The summed E-state index contributed by atoms with van der Waals surface area (Å²) >= 11 is 6.43. The van der Waals surface area contributed by atoms with E-state index in [1.807, 2.05) is 18.2 Å². The Morgan fingerprint density at radius 1 is 1.00 bits per heavy atom. The van der Waals surface area contributed by atoms with Crippen LogP contribution in [0, 0.1) is 0 Å². The lowest BCUT2D eigenvalue weighted by atomic mass is 10.2. The minimum atomic E-state index is -0.277. The summed E-state index contributed by atoms with van der Waals surface area (Å²) in [6, 6.07) is 14.5. The molecule has 0 saturated carbocycles. The van der Waals surface area contributed by atoms with E-state index in [1.165, 1.54) is 5.30 Å². The van der Waals surface area contributed by atoms with Crippen LogP contribution in [0.3, 0.4) is 0 Å². The number of hydrogen-bond donors (Lipinski definition) is 2. The Kier molecular flexibility index (Phi) is 8.09. The summed E-state index contributed by atoms with van der Waals surface area (Å²) in [6.07, 6.45) is 2.76. The first-order valence-corrected chi connectivity index (χ1v) is 14.0. The van der Waals surface area contributed by atoms with Crippen molar-refractivity contribution in [3.63, 3.8) is 0 Å². The first kappa shape index (κ1) is 24.5. The van der Waals surface area contributed by atoms with Crippen molar-refractivity contribution in [3.05, 3.63) is 53.7 Å². The monoisotopic (exact) mass is 498 g/mol. The number of nitrogens with zero attached hydrogens (tertiary/aromatic N) is 4. The molecule has 7 nitrogen and oxygen atoms in total. The molecule has 0 amide bonds. The van der Waals surface area contributed by atoms with E-state index in [9.17, 15) is 0 Å². The van der Waals surface area contributed by atoms with Gasteiger partial charge in [0.2, 0.25) is 5.95 Å². The molecular formula is C25H32ClN6OP. The van der Waals surface area contributed by atoms with Crippen LogP contribution in [0.5, 0.6) is 5.75 Å². The molecule has 180 valence electrons. The number of benzene rings is 2. The molecule has 0 bridgehead atoms. The van der Waals surface area contributed by atoms with Gasteiger partial charge in [-0.15, -0.1) is 0 Å². The standard InChI is InChI=1S/C25H32ClN6OP/c1-31-12-7-13-32(15-14-31)18-10-11-20(22(16-18)33-2)29-25-27-17-19(26)24(30-25)28-21-8-5-6-9-23(21)34(3)4/h5-6,8-11,16-17H,7,12-15H2,1-4H3,(H2,27,28,29,30). The smallest absolute Gasteiger partial charge is 0.229 e. The normalized spacial score (nSPS) is 14.7. The quantitative estimate of drug-likeness (QED) is 0.437. The van der Waals surface area contributed by atoms with E-state index >= 15 is 0 Å². The number of likely N-dealkylation sites (N-methyl/N-ethyl adjacent to an activating group) is 1. The first-order valence-electron chi connectivity index (χ1n) is 11.4. The largest absolute Gasteiger partial charge is 0.494 e. The molecule has 0 spiro atoms. The highest BCUT2D eigenvalue weighted by molar-refractivity contribution is 7.64. The summed E-state index contributed by atoms with van der Waals surface area (Å²) in [4.78, 5) is 13.8. The number of aromatic nitrogens is 2. The molecule has 1 aromatic heterocycles. The van der Waals surface area contributed by atoms with Crippen molar-refractivity contribution in [1.82, 2.24) is 14.9 Å². The number of hydrogen-bond acceptors (Lipinski definition) is 7. The predicted octanol–water partition coefficient (Wildman–Crippen LogP) is 5.13. The average molecular weight is 499 g/mol. The number of rotatable bonds is 7. The van der Waals surface area contributed by atoms with Gasteiger partial charge in [0.1, 0.15) is 10.8 Å². The second-order valence-electron chi connectivity index (χ2n) is 8.58. The summed E-state index contributed by atoms with van der Waals surface area (Å²) in [7, 11) is 3.58. The van der Waals surface area contributed by atoms with Gasteiger partial charge in [-0.2, -0.15) is 4.98 Å². The van der Waals surface area contributed by atoms with Gasteiger partial charge in [-0.25, -0.2) is 4.98 Å². The Labute approximate surface area is 208 Å². The number of nitrogens with one attached hydrogen (secondary N) is 2. The molecule has 2 heterocycles. The van der Waals surface area contributed by atoms with E-state index in [0.29, 0.717) is 16.8 Å². The van der Waals surface area contributed by atoms with Crippen LogP contribution in [0.25, 0.3) is 0 Å². The van der Waals surface area contributed by atoms with Crippen molar-refractivity contribution in [3.8, 4) is 5.75 Å². The lowest BCUT2D eigenvalue weighted by Gasteiger charge is -2.24. The van der Waals surface area contributed by atoms with Crippen LogP contribution in [0.1, 0.15) is 6.42 Å². The highest BCUT2D eigenvalue weighted by atomic mass is 35.5. The van der Waals surface area contributed by atoms with E-state index in [0.717, 1.165) is 55.4 Å². The van der Waals surface area contributed by atoms with Gasteiger partial charge < -0.3 is 25.2 Å². The van der Waals surface area contributed by atoms with Crippen LogP contribution in [0.4, 0.5) is 28.8 Å². The first-order chi connectivity index (χ1) is 16.4. The highest BCUT2D eigenvalue weighted by Gasteiger charge is 2.16. The molecule has 9 heteroatoms. The van der Waals surface area contributed by atoms with Crippen molar-refractivity contribution in [2.75, 3.05) is 69.2 Å². The molecule has 1 saturated heterocycles. The molecule has 0 aliphatic carbocycles. The molecule has 4 rings (SSSR count). The second kappa shape index (κ2) is 11.2. The predicted molar refractivity (Wildman–Crippen MR) is 146 cm³/mol. The van der Waals surface area contributed by atoms with Gasteiger partial charge in [-0.05, 0) is 56.8 Å². The Balaban J connectivity index is 1.55. The van der Waals surface area contributed by atoms with Crippen molar-refractivity contribution >= 4 is 53.7 Å². The second-order valence-corrected chi connectivity index (χ2v) is 11.3. The van der Waals surface area contributed by atoms with Gasteiger partial charge >= 0.3 is 0 Å². The van der Waals surface area contributed by atoms with Gasteiger partial charge in [0, 0.05) is 37.1 Å². The molecule has 34 heavy (non-hydrogen) atoms. The summed E-state index contributed by atoms with van der Waals surface area (Å²) < 4.78 is 5.70. The maximum atomic E-state index is 6.43. The fraction of sp³-hybridized carbons (Fsp3) is 0.360. The van der Waals surface area contributed by atoms with Crippen LogP contribution < -0.4 is 25.6 Å². The maximum Gasteiger partial charge on any atom is 0.229 e. The molecule has 3 aromatic rings. The minimum Gasteiger partial charge on any atom is -0.494 e. The van der Waals surface area contributed by atoms with Crippen LogP contribution in [0.15, 0.2) is 48.7 Å². The van der Waals surface area contributed by atoms with Crippen LogP contribution >= 0.6 is 19.5 Å². The van der Waals surface area contributed by atoms with E-state index < -0.39 is 0 Å². The van der Waals surface area contributed by atoms with Gasteiger partial charge in [0.05, 0.1) is 19.0 Å². The van der Waals surface area contributed by atoms with Gasteiger partial charge in [-0.1, -0.05) is 37.7 Å². The Morgan fingerprint density at radius 3 is 2.62 bits per heavy atom. The van der Waals surface area contributed by atoms with Gasteiger partial charge in [0.15, 0.2) is 5.82 Å². The van der Waals surface area contributed by atoms with Crippen LogP contribution in [0.2, 0.25) is 5.02 Å². The highest BCUT2D eigenvalue weighted by Crippen LogP contribution is 2.34.